The van der Waals surface area contributed by atoms with Crippen molar-refractivity contribution in [3.63, 3.8) is 0 Å². The highest BCUT2D eigenvalue weighted by molar-refractivity contribution is 9.49. The van der Waals surface area contributed by atoms with E-state index in [0.717, 1.165) is 0 Å². The summed E-state index contributed by atoms with van der Waals surface area (Å²) in [5.74, 6) is 2.08. The zero-order chi connectivity index (χ0) is 10.2. The molecule has 0 amide bonds. The van der Waals surface area contributed by atoms with Crippen molar-refractivity contribution in [2.24, 2.45) is 5.41 Å². The van der Waals surface area contributed by atoms with Gasteiger partial charge in [-0.15, -0.1) is 31.5 Å². The van der Waals surface area contributed by atoms with Gasteiger partial charge in [0.15, 0.2) is 0 Å². The van der Waals surface area contributed by atoms with E-state index in [0.29, 0.717) is 9.78 Å². The van der Waals surface area contributed by atoms with Gasteiger partial charge in [0.05, 0.1) is 0 Å². The van der Waals surface area contributed by atoms with Crippen LogP contribution in [0.15, 0.2) is 12.1 Å². The van der Waals surface area contributed by atoms with E-state index in [9.17, 15) is 0 Å². The summed E-state index contributed by atoms with van der Waals surface area (Å²) in [6.45, 7) is 6.52. The summed E-state index contributed by atoms with van der Waals surface area (Å²) < 4.78 is 0.309. The second kappa shape index (κ2) is 8.70. The van der Waals surface area contributed by atoms with Crippen molar-refractivity contribution >= 4 is 47.6 Å². The molecule has 12 heavy (non-hydrogen) atoms. The van der Waals surface area contributed by atoms with Gasteiger partial charge in [0.25, 0.3) is 0 Å². The smallest absolute Gasteiger partial charge is 0.169 e. The zero-order valence-electron chi connectivity index (χ0n) is 8.40. The van der Waals surface area contributed by atoms with Crippen molar-refractivity contribution in [1.29, 1.82) is 0 Å². The molecule has 0 unspecified atom stereocenters. The Morgan fingerprint density at radius 3 is 1.58 bits per heavy atom. The fourth-order valence-corrected chi connectivity index (χ4v) is 0.667. The Balaban J connectivity index is 0. The van der Waals surface area contributed by atoms with Gasteiger partial charge in [0, 0.05) is 0 Å². The Kier molecular flexibility index (Phi) is 11.3. The predicted molar refractivity (Wildman–Crippen MR) is 71.6 cm³/mol. The summed E-state index contributed by atoms with van der Waals surface area (Å²) in [6.07, 6.45) is 6.25. The minimum absolute atomic E-state index is 0.291. The van der Waals surface area contributed by atoms with Gasteiger partial charge in [-0.25, -0.2) is 0 Å². The first-order valence-corrected chi connectivity index (χ1v) is 7.17. The van der Waals surface area contributed by atoms with Crippen molar-refractivity contribution in [2.45, 2.75) is 20.8 Å². The van der Waals surface area contributed by atoms with Gasteiger partial charge < -0.3 is 0 Å². The maximum Gasteiger partial charge on any atom is 0.322 e. The lowest BCUT2D eigenvalue weighted by molar-refractivity contribution is 0.545. The minimum Gasteiger partial charge on any atom is -0.169 e. The van der Waals surface area contributed by atoms with Gasteiger partial charge in [0.2, 0.25) is 0 Å². The molecule has 0 saturated carbocycles. The molecule has 0 aliphatic heterocycles. The third-order valence-electron chi connectivity index (χ3n) is 0.742. The van der Waals surface area contributed by atoms with Gasteiger partial charge in [-0.3, -0.25) is 0 Å². The number of allylic oxidation sites excluding steroid dienone is 1. The lowest BCUT2D eigenvalue weighted by atomic mass is 9.93. The van der Waals surface area contributed by atoms with E-state index in [1.54, 1.807) is 11.8 Å². The molecule has 0 aliphatic rings. The normalized spacial score (nSPS) is 10.9. The van der Waals surface area contributed by atoms with E-state index in [4.69, 9.17) is 0 Å². The average molecular weight is 316 g/mol. The third-order valence-corrected chi connectivity index (χ3v) is 1.35. The highest BCUT2D eigenvalue weighted by Gasteiger charge is 2.05. The second-order valence-corrected chi connectivity index (χ2v) is 7.49. The topological polar surface area (TPSA) is 0 Å². The number of rotatable bonds is 1. The Morgan fingerprint density at radius 1 is 1.17 bits per heavy atom. The number of hydrogen-bond acceptors (Lipinski definition) is 1. The van der Waals surface area contributed by atoms with Crippen molar-refractivity contribution in [3.05, 3.63) is 12.1 Å². The summed E-state index contributed by atoms with van der Waals surface area (Å²) in [5, 5.41) is 0. The van der Waals surface area contributed by atoms with Crippen LogP contribution in [0, 0.1) is 5.41 Å². The SMILES string of the molecule is CC(C)(C)/C=C/B(Br)Br.CSC. The molecule has 0 radical (unpaired) electrons. The van der Waals surface area contributed by atoms with Crippen LogP contribution in [-0.2, 0) is 0 Å². The largest absolute Gasteiger partial charge is 0.322 e. The first-order chi connectivity index (χ1) is 5.33. The Bertz CT molecular complexity index is 119. The molecule has 0 saturated heterocycles. The van der Waals surface area contributed by atoms with E-state index in [-0.39, 0.29) is 0 Å². The molecular formula is C8H17BBr2S. The summed E-state index contributed by atoms with van der Waals surface area (Å²) in [5.41, 5.74) is 0.291. The zero-order valence-corrected chi connectivity index (χ0v) is 12.4. The van der Waals surface area contributed by atoms with Crippen LogP contribution in [0.25, 0.3) is 0 Å². The number of thioether (sulfide) groups is 1. The molecule has 72 valence electrons. The number of halogens is 2. The molecule has 0 aliphatic carbocycles. The molecule has 0 aromatic heterocycles. The highest BCUT2D eigenvalue weighted by Crippen LogP contribution is 2.16. The minimum atomic E-state index is 0.291. The summed E-state index contributed by atoms with van der Waals surface area (Å²) in [7, 11) is 0. The first-order valence-electron chi connectivity index (χ1n) is 3.71. The van der Waals surface area contributed by atoms with Crippen LogP contribution in [0.3, 0.4) is 0 Å². The third kappa shape index (κ3) is 22.5. The highest BCUT2D eigenvalue weighted by atomic mass is 79.9. The molecule has 0 N–H and O–H groups in total. The predicted octanol–water partition coefficient (Wildman–Crippen LogP) is 4.39. The Labute approximate surface area is 98.0 Å². The molecule has 0 nitrogen and oxygen atoms in total. The van der Waals surface area contributed by atoms with E-state index in [2.05, 4.69) is 64.3 Å². The number of hydrogen-bond donors (Lipinski definition) is 0. The molecule has 0 spiro atoms. The van der Waals surface area contributed by atoms with Gasteiger partial charge in [-0.2, -0.15) is 11.8 Å². The van der Waals surface area contributed by atoms with E-state index >= 15 is 0 Å². The van der Waals surface area contributed by atoms with E-state index < -0.39 is 0 Å². The van der Waals surface area contributed by atoms with Gasteiger partial charge >= 0.3 is 4.36 Å². The fourth-order valence-electron chi connectivity index (χ4n) is 0.361. The molecule has 0 fully saturated rings. The molecule has 0 bridgehead atoms. The maximum absolute atomic E-state index is 3.36. The first kappa shape index (κ1) is 15.6. The van der Waals surface area contributed by atoms with Gasteiger partial charge in [0.1, 0.15) is 0 Å². The van der Waals surface area contributed by atoms with Crippen LogP contribution in [0.4, 0.5) is 0 Å². The maximum atomic E-state index is 3.36. The van der Waals surface area contributed by atoms with Crippen molar-refractivity contribution in [1.82, 2.24) is 0 Å². The molecule has 0 heterocycles. The lowest BCUT2D eigenvalue weighted by Crippen LogP contribution is -2.00. The summed E-state index contributed by atoms with van der Waals surface area (Å²) in [6, 6.07) is 0. The van der Waals surface area contributed by atoms with Crippen molar-refractivity contribution in [3.8, 4) is 0 Å². The molecular weight excluding hydrogens is 299 g/mol. The Hall–Kier alpha value is 1.11. The summed E-state index contributed by atoms with van der Waals surface area (Å²) >= 11 is 8.46. The van der Waals surface area contributed by atoms with Crippen molar-refractivity contribution in [2.75, 3.05) is 12.5 Å². The lowest BCUT2D eigenvalue weighted by Gasteiger charge is -2.10. The van der Waals surface area contributed by atoms with E-state index in [1.165, 1.54) is 0 Å². The van der Waals surface area contributed by atoms with Crippen LogP contribution in [-0.4, -0.2) is 16.9 Å². The fraction of sp³-hybridized carbons (Fsp3) is 0.750. The van der Waals surface area contributed by atoms with Crippen LogP contribution in [0.2, 0.25) is 0 Å². The average Bonchev–Trinajstić information content (AvgIpc) is 1.84. The van der Waals surface area contributed by atoms with Gasteiger partial charge in [-0.05, 0) is 17.9 Å². The van der Waals surface area contributed by atoms with Gasteiger partial charge in [-0.1, -0.05) is 32.8 Å². The molecule has 0 aromatic carbocycles. The quantitative estimate of drug-likeness (QED) is 0.647. The van der Waals surface area contributed by atoms with E-state index in [1.807, 2.05) is 12.5 Å². The van der Waals surface area contributed by atoms with Crippen molar-refractivity contribution < 1.29 is 0 Å². The molecule has 4 heteroatoms. The molecule has 0 aromatic rings. The van der Waals surface area contributed by atoms with Crippen LogP contribution in [0.1, 0.15) is 20.8 Å². The van der Waals surface area contributed by atoms with Crippen LogP contribution in [0.5, 0.6) is 0 Å². The molecule has 0 atom stereocenters. The monoisotopic (exact) mass is 314 g/mol. The standard InChI is InChI=1S/C6H11BBr2.C2H6S/c1-6(2,3)4-5-7(8)9;1-3-2/h4-5H,1-3H3;1-2H3/b5-4+;. The second-order valence-electron chi connectivity index (χ2n) is 3.47. The van der Waals surface area contributed by atoms with Crippen LogP contribution < -0.4 is 0 Å². The Morgan fingerprint density at radius 2 is 1.50 bits per heavy atom. The van der Waals surface area contributed by atoms with Crippen LogP contribution >= 0.6 is 43.3 Å². The molecule has 0 rings (SSSR count). The summed E-state index contributed by atoms with van der Waals surface area (Å²) in [4.78, 5) is 0.